The van der Waals surface area contributed by atoms with Crippen molar-refractivity contribution in [2.45, 2.75) is 90.4 Å². The average Bonchev–Trinajstić information content (AvgIpc) is 3.26. The first-order chi connectivity index (χ1) is 20.9. The van der Waals surface area contributed by atoms with Crippen LogP contribution in [0.5, 0.6) is 0 Å². The molecule has 2 aliphatic rings. The van der Waals surface area contributed by atoms with E-state index in [0.717, 1.165) is 0 Å². The molecule has 0 aromatic heterocycles. The van der Waals surface area contributed by atoms with Gasteiger partial charge in [-0.15, -0.1) is 0 Å². The number of benzene rings is 6. The van der Waals surface area contributed by atoms with Crippen LogP contribution in [0.2, 0.25) is 0 Å². The van der Waals surface area contributed by atoms with Crippen LogP contribution < -0.4 is 0 Å². The standard InChI is InChI=1S/C44H46/c1-41(2,37-26-30-14-10-12-28-18-19-29-13-11-16-35(37)40(29)39(28)30)31-22-24-44(7,25-23-31)43(5,6)32-20-21-34-33-15-8-9-17-36(33)42(3,4)38(34)27-32/h8-21,26-27,31H,22-25H2,1-7H3. The van der Waals surface area contributed by atoms with Crippen LogP contribution in [0, 0.1) is 11.3 Å². The number of hydrogen-bond donors (Lipinski definition) is 0. The minimum Gasteiger partial charge on any atom is -0.0619 e. The van der Waals surface area contributed by atoms with E-state index >= 15 is 0 Å². The topological polar surface area (TPSA) is 0 Å². The van der Waals surface area contributed by atoms with Crippen molar-refractivity contribution >= 4 is 32.3 Å². The highest BCUT2D eigenvalue weighted by Gasteiger charge is 2.48. The average molecular weight is 575 g/mol. The number of fused-ring (bicyclic) bond motifs is 3. The van der Waals surface area contributed by atoms with Gasteiger partial charge in [-0.3, -0.25) is 0 Å². The second-order valence-corrected chi connectivity index (χ2v) is 16.1. The van der Waals surface area contributed by atoms with Gasteiger partial charge in [0, 0.05) is 5.41 Å². The maximum Gasteiger partial charge on any atom is 0.0158 e. The molecule has 0 amide bonds. The first-order valence-electron chi connectivity index (χ1n) is 16.9. The molecule has 0 unspecified atom stereocenters. The van der Waals surface area contributed by atoms with Gasteiger partial charge in [0.15, 0.2) is 0 Å². The minimum absolute atomic E-state index is 0.0418. The van der Waals surface area contributed by atoms with Crippen molar-refractivity contribution in [3.05, 3.63) is 119 Å². The molecule has 0 heteroatoms. The molecule has 0 spiro atoms. The molecular weight excluding hydrogens is 528 g/mol. The monoisotopic (exact) mass is 574 g/mol. The summed E-state index contributed by atoms with van der Waals surface area (Å²) in [5, 5.41) is 8.44. The SMILES string of the molecule is CC1(C)c2ccccc2-c2ccc(C(C)(C)C3(C)CCC(C(C)(C)c4cc5cccc6ccc7cccc4c7c65)CC3)cc21. The molecule has 0 heterocycles. The highest BCUT2D eigenvalue weighted by atomic mass is 14.5. The molecule has 2 aliphatic carbocycles. The van der Waals surface area contributed by atoms with Crippen LogP contribution in [-0.4, -0.2) is 0 Å². The lowest BCUT2D eigenvalue weighted by atomic mass is 9.53. The van der Waals surface area contributed by atoms with Gasteiger partial charge >= 0.3 is 0 Å². The third kappa shape index (κ3) is 3.70. The normalized spacial score (nSPS) is 21.7. The third-order valence-corrected chi connectivity index (χ3v) is 13.1. The summed E-state index contributed by atoms with van der Waals surface area (Å²) in [6, 6.07) is 37.3. The maximum absolute atomic E-state index is 2.58. The summed E-state index contributed by atoms with van der Waals surface area (Å²) in [5.74, 6) is 0.658. The summed E-state index contributed by atoms with van der Waals surface area (Å²) in [5.41, 5.74) is 9.31. The number of rotatable bonds is 4. The van der Waals surface area contributed by atoms with Gasteiger partial charge in [-0.05, 0) is 120 Å². The molecule has 1 fully saturated rings. The fourth-order valence-corrected chi connectivity index (χ4v) is 9.56. The minimum atomic E-state index is 0.0418. The van der Waals surface area contributed by atoms with Gasteiger partial charge < -0.3 is 0 Å². The molecule has 0 nitrogen and oxygen atoms in total. The highest BCUT2D eigenvalue weighted by molar-refractivity contribution is 6.23. The van der Waals surface area contributed by atoms with Gasteiger partial charge in [0.1, 0.15) is 0 Å². The molecular formula is C44H46. The first-order valence-corrected chi connectivity index (χ1v) is 16.9. The summed E-state index contributed by atoms with van der Waals surface area (Å²) in [4.78, 5) is 0. The lowest BCUT2D eigenvalue weighted by molar-refractivity contribution is 0.0620. The van der Waals surface area contributed by atoms with Crippen LogP contribution in [0.4, 0.5) is 0 Å². The largest absolute Gasteiger partial charge is 0.0619 e. The van der Waals surface area contributed by atoms with Crippen molar-refractivity contribution in [1.29, 1.82) is 0 Å². The van der Waals surface area contributed by atoms with Gasteiger partial charge in [-0.25, -0.2) is 0 Å². The van der Waals surface area contributed by atoms with Crippen LogP contribution in [0.1, 0.15) is 96.4 Å². The van der Waals surface area contributed by atoms with Crippen molar-refractivity contribution < 1.29 is 0 Å². The lowest BCUT2D eigenvalue weighted by Gasteiger charge is -2.51. The fourth-order valence-electron chi connectivity index (χ4n) is 9.56. The van der Waals surface area contributed by atoms with E-state index in [0.29, 0.717) is 5.92 Å². The van der Waals surface area contributed by atoms with Gasteiger partial charge in [0.05, 0.1) is 0 Å². The Morgan fingerprint density at radius 2 is 1.23 bits per heavy atom. The Morgan fingerprint density at radius 3 is 1.98 bits per heavy atom. The Kier molecular flexibility index (Phi) is 5.83. The Bertz CT molecular complexity index is 2060. The first kappa shape index (κ1) is 27.9. The van der Waals surface area contributed by atoms with Crippen molar-refractivity contribution in [3.8, 4) is 11.1 Å². The van der Waals surface area contributed by atoms with E-state index in [9.17, 15) is 0 Å². The van der Waals surface area contributed by atoms with Gasteiger partial charge in [0.25, 0.3) is 0 Å². The van der Waals surface area contributed by atoms with E-state index in [4.69, 9.17) is 0 Å². The second kappa shape index (κ2) is 9.20. The summed E-state index contributed by atoms with van der Waals surface area (Å²) in [6.45, 7) is 17.5. The predicted octanol–water partition coefficient (Wildman–Crippen LogP) is 12.3. The second-order valence-electron chi connectivity index (χ2n) is 16.1. The zero-order valence-corrected chi connectivity index (χ0v) is 27.6. The van der Waals surface area contributed by atoms with Crippen LogP contribution >= 0.6 is 0 Å². The molecule has 6 aromatic rings. The molecule has 0 radical (unpaired) electrons. The molecule has 0 aliphatic heterocycles. The molecule has 1 saturated carbocycles. The summed E-state index contributed by atoms with van der Waals surface area (Å²) in [6.07, 6.45) is 5.07. The molecule has 0 N–H and O–H groups in total. The zero-order valence-electron chi connectivity index (χ0n) is 27.6. The van der Waals surface area contributed by atoms with E-state index in [1.807, 2.05) is 0 Å². The Balaban J connectivity index is 1.12. The Morgan fingerprint density at radius 1 is 0.591 bits per heavy atom. The Labute approximate surface area is 263 Å². The van der Waals surface area contributed by atoms with Gasteiger partial charge in [0.2, 0.25) is 0 Å². The van der Waals surface area contributed by atoms with E-state index in [1.165, 1.54) is 91.4 Å². The zero-order chi connectivity index (χ0) is 30.6. The summed E-state index contributed by atoms with van der Waals surface area (Å²) >= 11 is 0. The van der Waals surface area contributed by atoms with Gasteiger partial charge in [-0.2, -0.15) is 0 Å². The lowest BCUT2D eigenvalue weighted by Crippen LogP contribution is -2.44. The summed E-state index contributed by atoms with van der Waals surface area (Å²) in [7, 11) is 0. The van der Waals surface area contributed by atoms with E-state index in [-0.39, 0.29) is 21.7 Å². The van der Waals surface area contributed by atoms with Crippen molar-refractivity contribution in [2.24, 2.45) is 11.3 Å². The fraction of sp³-hybridized carbons (Fsp3) is 0.364. The van der Waals surface area contributed by atoms with Crippen LogP contribution in [0.25, 0.3) is 43.4 Å². The van der Waals surface area contributed by atoms with Gasteiger partial charge in [-0.1, -0.05) is 139 Å². The number of hydrogen-bond acceptors (Lipinski definition) is 0. The molecule has 0 bridgehead atoms. The molecule has 0 atom stereocenters. The van der Waals surface area contributed by atoms with Crippen LogP contribution in [-0.2, 0) is 16.2 Å². The highest BCUT2D eigenvalue weighted by Crippen LogP contribution is 2.57. The molecule has 6 aromatic carbocycles. The predicted molar refractivity (Wildman–Crippen MR) is 190 cm³/mol. The smallest absolute Gasteiger partial charge is 0.0158 e. The quantitative estimate of drug-likeness (QED) is 0.184. The molecule has 44 heavy (non-hydrogen) atoms. The Hall–Kier alpha value is -3.64. The van der Waals surface area contributed by atoms with Crippen LogP contribution in [0.15, 0.2) is 97.1 Å². The molecule has 8 rings (SSSR count). The van der Waals surface area contributed by atoms with E-state index in [2.05, 4.69) is 146 Å². The summed E-state index contributed by atoms with van der Waals surface area (Å²) < 4.78 is 0. The van der Waals surface area contributed by atoms with Crippen molar-refractivity contribution in [1.82, 2.24) is 0 Å². The molecule has 222 valence electrons. The van der Waals surface area contributed by atoms with Crippen molar-refractivity contribution in [2.75, 3.05) is 0 Å². The van der Waals surface area contributed by atoms with E-state index < -0.39 is 0 Å². The van der Waals surface area contributed by atoms with Crippen molar-refractivity contribution in [3.63, 3.8) is 0 Å². The van der Waals surface area contributed by atoms with Crippen LogP contribution in [0.3, 0.4) is 0 Å². The molecule has 0 saturated heterocycles. The maximum atomic E-state index is 2.58. The van der Waals surface area contributed by atoms with E-state index in [1.54, 1.807) is 0 Å². The third-order valence-electron chi connectivity index (χ3n) is 13.1.